The number of ether oxygens (including phenoxy) is 2. The van der Waals surface area contributed by atoms with E-state index in [1.165, 1.54) is 23.9 Å². The van der Waals surface area contributed by atoms with Crippen LogP contribution in [0.4, 0.5) is 10.3 Å². The maximum Gasteiger partial charge on any atom is 0.233 e. The molecule has 0 radical (unpaired) electrons. The first-order valence-corrected chi connectivity index (χ1v) is 12.0. The van der Waals surface area contributed by atoms with Crippen molar-refractivity contribution in [1.29, 1.82) is 0 Å². The Balaban J connectivity index is 1.44. The number of amides is 1. The molecule has 0 unspecified atom stereocenters. The van der Waals surface area contributed by atoms with E-state index >= 15 is 0 Å². The number of nitrogens with zero attached hydrogens (tertiary/aromatic N) is 4. The molecule has 1 aromatic heterocycles. The van der Waals surface area contributed by atoms with Crippen LogP contribution in [0.2, 0.25) is 0 Å². The van der Waals surface area contributed by atoms with Gasteiger partial charge in [0.25, 0.3) is 0 Å². The molecule has 2 heterocycles. The van der Waals surface area contributed by atoms with Crippen LogP contribution in [0.1, 0.15) is 12.5 Å². The van der Waals surface area contributed by atoms with E-state index in [1.807, 2.05) is 31.2 Å². The number of carbonyl (C=O) groups is 1. The highest BCUT2D eigenvalue weighted by atomic mass is 32.2. The third-order valence-corrected chi connectivity index (χ3v) is 6.54. The highest BCUT2D eigenvalue weighted by Crippen LogP contribution is 2.30. The second-order valence-electron chi connectivity index (χ2n) is 7.85. The van der Waals surface area contributed by atoms with Gasteiger partial charge in [-0.2, -0.15) is 0 Å². The number of methoxy groups -OCH3 is 1. The van der Waals surface area contributed by atoms with Gasteiger partial charge in [0, 0.05) is 19.6 Å². The second kappa shape index (κ2) is 11.3. The lowest BCUT2D eigenvalue weighted by molar-refractivity contribution is -0.120. The summed E-state index contributed by atoms with van der Waals surface area (Å²) in [5.41, 5.74) is 1.73. The van der Waals surface area contributed by atoms with Crippen LogP contribution in [0.3, 0.4) is 0 Å². The molecule has 34 heavy (non-hydrogen) atoms. The van der Waals surface area contributed by atoms with Crippen molar-refractivity contribution in [2.45, 2.75) is 23.8 Å². The van der Waals surface area contributed by atoms with Crippen LogP contribution < -0.4 is 15.0 Å². The van der Waals surface area contributed by atoms with Crippen LogP contribution in [0.5, 0.6) is 5.75 Å². The van der Waals surface area contributed by atoms with Gasteiger partial charge in [-0.25, -0.2) is 4.39 Å². The van der Waals surface area contributed by atoms with Gasteiger partial charge in [0.15, 0.2) is 5.16 Å². The second-order valence-corrected chi connectivity index (χ2v) is 9.15. The van der Waals surface area contributed by atoms with Crippen molar-refractivity contribution in [2.75, 3.05) is 44.9 Å². The summed E-state index contributed by atoms with van der Waals surface area (Å²) in [4.78, 5) is 14.8. The van der Waals surface area contributed by atoms with Crippen molar-refractivity contribution >= 4 is 23.6 Å². The molecule has 1 N–H and O–H groups in total. The third-order valence-electron chi connectivity index (χ3n) is 5.50. The summed E-state index contributed by atoms with van der Waals surface area (Å²) in [5, 5.41) is 11.8. The molecule has 10 heteroatoms. The summed E-state index contributed by atoms with van der Waals surface area (Å²) in [7, 11) is 1.63. The molecule has 8 nitrogen and oxygen atoms in total. The Hall–Kier alpha value is -3.11. The first-order chi connectivity index (χ1) is 16.5. The van der Waals surface area contributed by atoms with E-state index in [4.69, 9.17) is 9.47 Å². The number of aromatic nitrogens is 3. The normalized spacial score (nSPS) is 14.6. The lowest BCUT2D eigenvalue weighted by Gasteiger charge is -2.28. The molecule has 180 valence electrons. The zero-order valence-corrected chi connectivity index (χ0v) is 20.1. The average molecular weight is 486 g/mol. The first kappa shape index (κ1) is 24.0. The van der Waals surface area contributed by atoms with Gasteiger partial charge >= 0.3 is 0 Å². The van der Waals surface area contributed by atoms with Gasteiger partial charge in [0.1, 0.15) is 11.6 Å². The van der Waals surface area contributed by atoms with Crippen LogP contribution in [-0.4, -0.2) is 65.9 Å². The largest absolute Gasteiger partial charge is 0.497 e. The summed E-state index contributed by atoms with van der Waals surface area (Å²) < 4.78 is 26.4. The summed E-state index contributed by atoms with van der Waals surface area (Å²) in [6, 6.07) is 14.1. The van der Waals surface area contributed by atoms with E-state index in [9.17, 15) is 9.18 Å². The van der Waals surface area contributed by atoms with Gasteiger partial charge in [0.2, 0.25) is 11.9 Å². The van der Waals surface area contributed by atoms with Gasteiger partial charge in [-0.1, -0.05) is 30.0 Å². The predicted molar refractivity (Wildman–Crippen MR) is 129 cm³/mol. The molecule has 1 aliphatic rings. The molecular formula is C24H28FN5O3S. The van der Waals surface area contributed by atoms with Gasteiger partial charge in [-0.3, -0.25) is 9.36 Å². The molecule has 4 rings (SSSR count). The zero-order chi connectivity index (χ0) is 23.9. The molecular weight excluding hydrogens is 457 g/mol. The third kappa shape index (κ3) is 5.87. The van der Waals surface area contributed by atoms with Crippen molar-refractivity contribution in [1.82, 2.24) is 20.1 Å². The van der Waals surface area contributed by atoms with E-state index in [-0.39, 0.29) is 11.7 Å². The summed E-state index contributed by atoms with van der Waals surface area (Å²) in [6.45, 7) is 4.86. The Kier molecular flexibility index (Phi) is 8.02. The molecule has 0 bridgehead atoms. The number of morpholine rings is 1. The smallest absolute Gasteiger partial charge is 0.233 e. The summed E-state index contributed by atoms with van der Waals surface area (Å²) in [5.74, 6) is 0.972. The Labute approximate surface area is 202 Å². The maximum atomic E-state index is 14.0. The molecule has 3 aromatic rings. The number of anilines is 1. The predicted octanol–water partition coefficient (Wildman–Crippen LogP) is 3.09. The topological polar surface area (TPSA) is 81.5 Å². The lowest BCUT2D eigenvalue weighted by atomic mass is 10.1. The highest BCUT2D eigenvalue weighted by molar-refractivity contribution is 8.00. The fraction of sp³-hybridized carbons (Fsp3) is 0.375. The summed E-state index contributed by atoms with van der Waals surface area (Å²) >= 11 is 1.30. The monoisotopic (exact) mass is 485 g/mol. The van der Waals surface area contributed by atoms with Gasteiger partial charge < -0.3 is 19.7 Å². The number of nitrogens with one attached hydrogen (secondary N) is 1. The maximum absolute atomic E-state index is 14.0. The Morgan fingerprint density at radius 2 is 1.97 bits per heavy atom. The SMILES string of the molecule is COc1ccc(CCNC(=O)[C@H](C)Sc2nnc(N3CCOCC3)n2-c2cccc(F)c2)cc1. The van der Waals surface area contributed by atoms with Crippen LogP contribution >= 0.6 is 11.8 Å². The minimum absolute atomic E-state index is 0.0970. The molecule has 1 saturated heterocycles. The minimum atomic E-state index is -0.412. The molecule has 1 fully saturated rings. The Morgan fingerprint density at radius 1 is 1.21 bits per heavy atom. The molecule has 0 spiro atoms. The average Bonchev–Trinajstić information content (AvgIpc) is 3.28. The fourth-order valence-corrected chi connectivity index (χ4v) is 4.51. The summed E-state index contributed by atoms with van der Waals surface area (Å²) in [6.07, 6.45) is 0.716. The molecule has 2 aromatic carbocycles. The van der Waals surface area contributed by atoms with Crippen molar-refractivity contribution in [3.8, 4) is 11.4 Å². The van der Waals surface area contributed by atoms with Crippen molar-refractivity contribution in [3.05, 3.63) is 59.9 Å². The van der Waals surface area contributed by atoms with E-state index in [2.05, 4.69) is 20.4 Å². The van der Waals surface area contributed by atoms with Crippen LogP contribution in [0.25, 0.3) is 5.69 Å². The lowest BCUT2D eigenvalue weighted by Crippen LogP contribution is -2.38. The Morgan fingerprint density at radius 3 is 2.68 bits per heavy atom. The highest BCUT2D eigenvalue weighted by Gasteiger charge is 2.25. The van der Waals surface area contributed by atoms with Crippen molar-refractivity contribution < 1.29 is 18.7 Å². The number of rotatable bonds is 9. The van der Waals surface area contributed by atoms with E-state index in [1.54, 1.807) is 23.8 Å². The van der Waals surface area contributed by atoms with E-state index in [0.29, 0.717) is 56.1 Å². The molecule has 0 aliphatic carbocycles. The fourth-order valence-electron chi connectivity index (χ4n) is 3.63. The van der Waals surface area contributed by atoms with Gasteiger partial charge in [0.05, 0.1) is 31.3 Å². The number of hydrogen-bond acceptors (Lipinski definition) is 7. The van der Waals surface area contributed by atoms with Crippen LogP contribution in [0.15, 0.2) is 53.7 Å². The molecule has 1 amide bonds. The van der Waals surface area contributed by atoms with Crippen LogP contribution in [0, 0.1) is 5.82 Å². The van der Waals surface area contributed by atoms with E-state index in [0.717, 1.165) is 11.3 Å². The Bertz CT molecular complexity index is 1100. The van der Waals surface area contributed by atoms with E-state index < -0.39 is 5.25 Å². The van der Waals surface area contributed by atoms with Crippen molar-refractivity contribution in [2.24, 2.45) is 0 Å². The van der Waals surface area contributed by atoms with Gasteiger partial charge in [-0.15, -0.1) is 10.2 Å². The quantitative estimate of drug-likeness (QED) is 0.467. The molecule has 0 saturated carbocycles. The standard InChI is InChI=1S/C24H28FN5O3S/c1-17(22(31)26-11-10-18-6-8-21(32-2)9-7-18)34-24-28-27-23(29-12-14-33-15-13-29)30(24)20-5-3-4-19(25)16-20/h3-9,16-17H,10-15H2,1-2H3,(H,26,31)/t17-/m0/s1. The number of carbonyl (C=O) groups excluding carboxylic acids is 1. The van der Waals surface area contributed by atoms with Crippen LogP contribution in [-0.2, 0) is 16.0 Å². The number of benzene rings is 2. The van der Waals surface area contributed by atoms with Gasteiger partial charge in [-0.05, 0) is 49.2 Å². The number of halogens is 1. The zero-order valence-electron chi connectivity index (χ0n) is 19.2. The first-order valence-electron chi connectivity index (χ1n) is 11.2. The molecule has 1 atom stereocenters. The number of hydrogen-bond donors (Lipinski definition) is 1. The van der Waals surface area contributed by atoms with Crippen molar-refractivity contribution in [3.63, 3.8) is 0 Å². The number of thioether (sulfide) groups is 1. The minimum Gasteiger partial charge on any atom is -0.497 e. The molecule has 1 aliphatic heterocycles.